The molecule has 2 aromatic rings. The SMILES string of the molecule is CN(CCc1ccccc1[N+](=O)[O-])c1cccc(C#N)c1. The first kappa shape index (κ1) is 14.5. The number of hydrogen-bond acceptors (Lipinski definition) is 4. The van der Waals surface area contributed by atoms with E-state index in [1.165, 1.54) is 6.07 Å². The topological polar surface area (TPSA) is 70.2 Å². The molecule has 0 aromatic heterocycles. The molecule has 0 heterocycles. The molecule has 0 aliphatic carbocycles. The zero-order chi connectivity index (χ0) is 15.2. The number of benzene rings is 2. The number of para-hydroxylation sites is 1. The summed E-state index contributed by atoms with van der Waals surface area (Å²) in [5, 5.41) is 19.9. The van der Waals surface area contributed by atoms with E-state index >= 15 is 0 Å². The zero-order valence-electron chi connectivity index (χ0n) is 11.7. The monoisotopic (exact) mass is 281 g/mol. The second kappa shape index (κ2) is 6.53. The fraction of sp³-hybridized carbons (Fsp3) is 0.188. The van der Waals surface area contributed by atoms with Crippen LogP contribution < -0.4 is 4.90 Å². The molecule has 106 valence electrons. The quantitative estimate of drug-likeness (QED) is 0.623. The Morgan fingerprint density at radius 3 is 2.71 bits per heavy atom. The van der Waals surface area contributed by atoms with Gasteiger partial charge in [-0.3, -0.25) is 10.1 Å². The summed E-state index contributed by atoms with van der Waals surface area (Å²) in [6, 6.07) is 16.2. The average molecular weight is 281 g/mol. The third-order valence-corrected chi connectivity index (χ3v) is 3.32. The lowest BCUT2D eigenvalue weighted by Crippen LogP contribution is -2.20. The third kappa shape index (κ3) is 3.57. The van der Waals surface area contributed by atoms with Gasteiger partial charge in [-0.1, -0.05) is 24.3 Å². The molecule has 0 fully saturated rings. The van der Waals surface area contributed by atoms with Crippen LogP contribution in [0.15, 0.2) is 48.5 Å². The maximum absolute atomic E-state index is 11.0. The van der Waals surface area contributed by atoms with Crippen molar-refractivity contribution in [2.75, 3.05) is 18.5 Å². The van der Waals surface area contributed by atoms with Crippen LogP contribution in [0.4, 0.5) is 11.4 Å². The molecule has 0 saturated carbocycles. The Bertz CT molecular complexity index is 692. The van der Waals surface area contributed by atoms with Crippen LogP contribution in [-0.2, 0) is 6.42 Å². The van der Waals surface area contributed by atoms with Crippen LogP contribution >= 0.6 is 0 Å². The van der Waals surface area contributed by atoms with Gasteiger partial charge in [-0.25, -0.2) is 0 Å². The number of rotatable bonds is 5. The summed E-state index contributed by atoms with van der Waals surface area (Å²) in [6.07, 6.45) is 0.574. The first-order valence-corrected chi connectivity index (χ1v) is 6.55. The van der Waals surface area contributed by atoms with Gasteiger partial charge in [0.25, 0.3) is 5.69 Å². The number of anilines is 1. The van der Waals surface area contributed by atoms with Crippen molar-refractivity contribution in [3.63, 3.8) is 0 Å². The van der Waals surface area contributed by atoms with Crippen molar-refractivity contribution >= 4 is 11.4 Å². The molecular weight excluding hydrogens is 266 g/mol. The lowest BCUT2D eigenvalue weighted by molar-refractivity contribution is -0.385. The van der Waals surface area contributed by atoms with Crippen molar-refractivity contribution in [3.8, 4) is 6.07 Å². The Hall–Kier alpha value is -2.87. The summed E-state index contributed by atoms with van der Waals surface area (Å²) >= 11 is 0. The Morgan fingerprint density at radius 2 is 2.00 bits per heavy atom. The lowest BCUT2D eigenvalue weighted by atomic mass is 10.1. The summed E-state index contributed by atoms with van der Waals surface area (Å²) in [7, 11) is 1.91. The van der Waals surface area contributed by atoms with E-state index in [-0.39, 0.29) is 10.6 Å². The van der Waals surface area contributed by atoms with Gasteiger partial charge < -0.3 is 4.90 Å². The summed E-state index contributed by atoms with van der Waals surface area (Å²) in [4.78, 5) is 12.6. The van der Waals surface area contributed by atoms with Crippen LogP contribution in [0.5, 0.6) is 0 Å². The van der Waals surface area contributed by atoms with E-state index in [1.54, 1.807) is 30.3 Å². The van der Waals surface area contributed by atoms with E-state index in [0.29, 0.717) is 24.1 Å². The van der Waals surface area contributed by atoms with Crippen molar-refractivity contribution < 1.29 is 4.92 Å². The molecule has 0 aliphatic heterocycles. The van der Waals surface area contributed by atoms with Crippen molar-refractivity contribution in [2.45, 2.75) is 6.42 Å². The van der Waals surface area contributed by atoms with Crippen LogP contribution in [0, 0.1) is 21.4 Å². The maximum Gasteiger partial charge on any atom is 0.272 e. The van der Waals surface area contributed by atoms with Gasteiger partial charge in [0.2, 0.25) is 0 Å². The van der Waals surface area contributed by atoms with Crippen LogP contribution in [0.25, 0.3) is 0 Å². The van der Waals surface area contributed by atoms with E-state index in [9.17, 15) is 10.1 Å². The third-order valence-electron chi connectivity index (χ3n) is 3.32. The fourth-order valence-electron chi connectivity index (χ4n) is 2.13. The van der Waals surface area contributed by atoms with E-state index in [1.807, 2.05) is 24.1 Å². The largest absolute Gasteiger partial charge is 0.374 e. The molecule has 5 heteroatoms. The smallest absolute Gasteiger partial charge is 0.272 e. The molecule has 0 spiro atoms. The molecule has 5 nitrogen and oxygen atoms in total. The molecule has 0 aliphatic rings. The molecule has 2 aromatic carbocycles. The van der Waals surface area contributed by atoms with Gasteiger partial charge in [0, 0.05) is 30.9 Å². The number of nitriles is 1. The van der Waals surface area contributed by atoms with Gasteiger partial charge in [0.1, 0.15) is 0 Å². The zero-order valence-corrected chi connectivity index (χ0v) is 11.7. The minimum Gasteiger partial charge on any atom is -0.374 e. The Balaban J connectivity index is 2.09. The molecule has 0 atom stereocenters. The molecule has 2 rings (SSSR count). The Kier molecular flexibility index (Phi) is 4.52. The van der Waals surface area contributed by atoms with E-state index in [2.05, 4.69) is 6.07 Å². The molecule has 0 saturated heterocycles. The van der Waals surface area contributed by atoms with E-state index in [4.69, 9.17) is 5.26 Å². The second-order valence-corrected chi connectivity index (χ2v) is 4.72. The number of nitro benzene ring substituents is 1. The minimum atomic E-state index is -0.356. The van der Waals surface area contributed by atoms with Crippen LogP contribution in [0.3, 0.4) is 0 Å². The van der Waals surface area contributed by atoms with Crippen molar-refractivity contribution in [3.05, 3.63) is 69.8 Å². The van der Waals surface area contributed by atoms with Crippen molar-refractivity contribution in [1.82, 2.24) is 0 Å². The highest BCUT2D eigenvalue weighted by molar-refractivity contribution is 5.51. The van der Waals surface area contributed by atoms with Gasteiger partial charge in [-0.05, 0) is 24.6 Å². The lowest BCUT2D eigenvalue weighted by Gasteiger charge is -2.19. The second-order valence-electron chi connectivity index (χ2n) is 4.72. The molecule has 0 bridgehead atoms. The van der Waals surface area contributed by atoms with Crippen LogP contribution in [-0.4, -0.2) is 18.5 Å². The summed E-state index contributed by atoms with van der Waals surface area (Å²) in [5.74, 6) is 0. The maximum atomic E-state index is 11.0. The van der Waals surface area contributed by atoms with Gasteiger partial charge in [-0.15, -0.1) is 0 Å². The normalized spacial score (nSPS) is 9.90. The standard InChI is InChI=1S/C16H15N3O2/c1-18(15-7-4-5-13(11-15)12-17)10-9-14-6-2-3-8-16(14)19(20)21/h2-8,11H,9-10H2,1H3. The predicted octanol–water partition coefficient (Wildman–Crippen LogP) is 3.15. The van der Waals surface area contributed by atoms with Crippen molar-refractivity contribution in [1.29, 1.82) is 5.26 Å². The number of hydrogen-bond donors (Lipinski definition) is 0. The van der Waals surface area contributed by atoms with Crippen LogP contribution in [0.1, 0.15) is 11.1 Å². The van der Waals surface area contributed by atoms with Gasteiger partial charge >= 0.3 is 0 Å². The number of likely N-dealkylation sites (N-methyl/N-ethyl adjacent to an activating group) is 1. The predicted molar refractivity (Wildman–Crippen MR) is 81.2 cm³/mol. The minimum absolute atomic E-state index is 0.150. The molecule has 0 N–H and O–H groups in total. The molecule has 0 unspecified atom stereocenters. The fourth-order valence-corrected chi connectivity index (χ4v) is 2.13. The molecule has 0 radical (unpaired) electrons. The Morgan fingerprint density at radius 1 is 1.24 bits per heavy atom. The average Bonchev–Trinajstić information content (AvgIpc) is 2.52. The molecule has 21 heavy (non-hydrogen) atoms. The summed E-state index contributed by atoms with van der Waals surface area (Å²) < 4.78 is 0. The highest BCUT2D eigenvalue weighted by Gasteiger charge is 2.12. The number of nitro groups is 1. The molecular formula is C16H15N3O2. The van der Waals surface area contributed by atoms with Crippen molar-refractivity contribution in [2.24, 2.45) is 0 Å². The highest BCUT2D eigenvalue weighted by Crippen LogP contribution is 2.20. The summed E-state index contributed by atoms with van der Waals surface area (Å²) in [5.41, 5.74) is 2.39. The van der Waals surface area contributed by atoms with Gasteiger partial charge in [0.15, 0.2) is 0 Å². The Labute approximate surface area is 123 Å². The number of nitrogens with zero attached hydrogens (tertiary/aromatic N) is 3. The summed E-state index contributed by atoms with van der Waals surface area (Å²) in [6.45, 7) is 0.639. The first-order chi connectivity index (χ1) is 10.1. The first-order valence-electron chi connectivity index (χ1n) is 6.55. The van der Waals surface area contributed by atoms with Gasteiger partial charge in [0.05, 0.1) is 16.6 Å². The molecule has 0 amide bonds. The van der Waals surface area contributed by atoms with E-state index < -0.39 is 0 Å². The van der Waals surface area contributed by atoms with Gasteiger partial charge in [-0.2, -0.15) is 5.26 Å². The van der Waals surface area contributed by atoms with E-state index in [0.717, 1.165) is 5.69 Å². The van der Waals surface area contributed by atoms with Crippen LogP contribution in [0.2, 0.25) is 0 Å². The highest BCUT2D eigenvalue weighted by atomic mass is 16.6.